The largest absolute Gasteiger partial charge is 0.352 e. The Kier molecular flexibility index (Phi) is 6.38. The fraction of sp³-hybridized carbons (Fsp3) is 0.375. The van der Waals surface area contributed by atoms with E-state index in [-0.39, 0.29) is 11.9 Å². The van der Waals surface area contributed by atoms with Crippen LogP contribution in [0.3, 0.4) is 0 Å². The average molecular weight is 485 g/mol. The van der Waals surface area contributed by atoms with Gasteiger partial charge in [-0.15, -0.1) is 0 Å². The normalized spacial score (nSPS) is 20.4. The molecule has 3 aromatic rings. The molecular weight excluding hydrogens is 459 g/mol. The zero-order valence-electron chi connectivity index (χ0n) is 18.2. The van der Waals surface area contributed by atoms with E-state index in [0.29, 0.717) is 42.8 Å². The van der Waals surface area contributed by atoms with Crippen LogP contribution in [0.15, 0.2) is 48.8 Å². The van der Waals surface area contributed by atoms with Crippen molar-refractivity contribution in [3.63, 3.8) is 0 Å². The van der Waals surface area contributed by atoms with Crippen LogP contribution in [-0.4, -0.2) is 71.0 Å². The van der Waals surface area contributed by atoms with E-state index in [4.69, 9.17) is 28.9 Å². The fourth-order valence-electron chi connectivity index (χ4n) is 4.80. The molecule has 0 radical (unpaired) electrons. The Balaban J connectivity index is 1.35. The summed E-state index contributed by atoms with van der Waals surface area (Å²) in [7, 11) is 0. The van der Waals surface area contributed by atoms with Gasteiger partial charge in [0, 0.05) is 50.7 Å². The van der Waals surface area contributed by atoms with Crippen LogP contribution in [0, 0.1) is 0 Å². The standard InChI is InChI=1S/C24H26Cl2N6O/c25-19-6-5-16(13-20(19)26)22(32-8-7-17(27)14-32)24(33)31-11-9-30(10-12-31)23-18-3-1-2-4-21(18)28-15-29-23/h1-6,13,15,17,22H,7-12,14,27H2/t17-,22+/m1/s1. The van der Waals surface area contributed by atoms with E-state index >= 15 is 0 Å². The molecule has 9 heteroatoms. The number of likely N-dealkylation sites (tertiary alicyclic amines) is 1. The van der Waals surface area contributed by atoms with Gasteiger partial charge in [-0.25, -0.2) is 9.97 Å². The molecule has 1 aromatic heterocycles. The first kappa shape index (κ1) is 22.3. The molecule has 7 nitrogen and oxygen atoms in total. The Morgan fingerprint density at radius 1 is 1.00 bits per heavy atom. The van der Waals surface area contributed by atoms with Gasteiger partial charge in [-0.3, -0.25) is 9.69 Å². The number of rotatable bonds is 4. The van der Waals surface area contributed by atoms with Crippen LogP contribution in [0.5, 0.6) is 0 Å². The molecule has 0 bridgehead atoms. The minimum absolute atomic E-state index is 0.0750. The van der Waals surface area contributed by atoms with Gasteiger partial charge in [0.25, 0.3) is 0 Å². The van der Waals surface area contributed by atoms with Crippen LogP contribution in [0.4, 0.5) is 5.82 Å². The smallest absolute Gasteiger partial charge is 0.244 e. The van der Waals surface area contributed by atoms with E-state index in [0.717, 1.165) is 35.2 Å². The lowest BCUT2D eigenvalue weighted by Crippen LogP contribution is -2.52. The Morgan fingerprint density at radius 3 is 2.52 bits per heavy atom. The third kappa shape index (κ3) is 4.51. The van der Waals surface area contributed by atoms with E-state index in [1.807, 2.05) is 35.2 Å². The molecule has 33 heavy (non-hydrogen) atoms. The number of carbonyl (C=O) groups excluding carboxylic acids is 1. The number of amides is 1. The third-order valence-corrected chi connectivity index (χ3v) is 7.27. The molecule has 1 amide bonds. The number of piperazine rings is 1. The van der Waals surface area contributed by atoms with E-state index in [2.05, 4.69) is 19.8 Å². The van der Waals surface area contributed by atoms with E-state index < -0.39 is 6.04 Å². The number of carbonyl (C=O) groups is 1. The van der Waals surface area contributed by atoms with Crippen LogP contribution in [0.1, 0.15) is 18.0 Å². The minimum atomic E-state index is -0.417. The highest BCUT2D eigenvalue weighted by Gasteiger charge is 2.36. The third-order valence-electron chi connectivity index (χ3n) is 6.53. The lowest BCUT2D eigenvalue weighted by atomic mass is 10.0. The Morgan fingerprint density at radius 2 is 1.79 bits per heavy atom. The van der Waals surface area contributed by atoms with Crippen molar-refractivity contribution < 1.29 is 4.79 Å². The molecule has 5 rings (SSSR count). The second kappa shape index (κ2) is 9.43. The van der Waals surface area contributed by atoms with Gasteiger partial charge in [0.05, 0.1) is 15.6 Å². The van der Waals surface area contributed by atoms with E-state index in [9.17, 15) is 4.79 Å². The summed E-state index contributed by atoms with van der Waals surface area (Å²) in [5.41, 5.74) is 7.95. The van der Waals surface area contributed by atoms with Crippen molar-refractivity contribution in [3.8, 4) is 0 Å². The molecular formula is C24H26Cl2N6O. The number of anilines is 1. The van der Waals surface area contributed by atoms with Gasteiger partial charge in [0.2, 0.25) is 5.91 Å². The molecule has 2 saturated heterocycles. The maximum Gasteiger partial charge on any atom is 0.244 e. The summed E-state index contributed by atoms with van der Waals surface area (Å²) in [6.45, 7) is 4.12. The number of nitrogens with two attached hydrogens (primary N) is 1. The summed E-state index contributed by atoms with van der Waals surface area (Å²) in [6.07, 6.45) is 2.48. The number of fused-ring (bicyclic) bond motifs is 1. The Hall–Kier alpha value is -2.45. The van der Waals surface area contributed by atoms with Crippen LogP contribution in [0.25, 0.3) is 10.9 Å². The lowest BCUT2D eigenvalue weighted by molar-refractivity contribution is -0.137. The molecule has 0 spiro atoms. The second-order valence-corrected chi connectivity index (χ2v) is 9.46. The quantitative estimate of drug-likeness (QED) is 0.611. The number of hydrogen-bond acceptors (Lipinski definition) is 6. The van der Waals surface area contributed by atoms with Gasteiger partial charge in [-0.1, -0.05) is 41.4 Å². The first-order chi connectivity index (χ1) is 16.0. The number of halogens is 2. The summed E-state index contributed by atoms with van der Waals surface area (Å²) in [6, 6.07) is 13.1. The van der Waals surface area contributed by atoms with E-state index in [1.54, 1.807) is 18.5 Å². The average Bonchev–Trinajstić information content (AvgIpc) is 3.26. The molecule has 172 valence electrons. The highest BCUT2D eigenvalue weighted by Crippen LogP contribution is 2.32. The van der Waals surface area contributed by atoms with Crippen molar-refractivity contribution in [2.24, 2.45) is 5.73 Å². The van der Waals surface area contributed by atoms with Crippen molar-refractivity contribution in [2.75, 3.05) is 44.2 Å². The number of para-hydroxylation sites is 1. The van der Waals surface area contributed by atoms with Gasteiger partial charge in [-0.2, -0.15) is 0 Å². The van der Waals surface area contributed by atoms with Gasteiger partial charge in [-0.05, 0) is 36.2 Å². The fourth-order valence-corrected chi connectivity index (χ4v) is 5.10. The molecule has 0 aliphatic carbocycles. The first-order valence-electron chi connectivity index (χ1n) is 11.2. The number of nitrogens with zero attached hydrogens (tertiary/aromatic N) is 5. The zero-order chi connectivity index (χ0) is 22.9. The Labute approximate surface area is 203 Å². The predicted molar refractivity (Wildman–Crippen MR) is 132 cm³/mol. The topological polar surface area (TPSA) is 78.6 Å². The minimum Gasteiger partial charge on any atom is -0.352 e. The van der Waals surface area contributed by atoms with Crippen molar-refractivity contribution in [3.05, 3.63) is 64.4 Å². The van der Waals surface area contributed by atoms with E-state index in [1.165, 1.54) is 0 Å². The first-order valence-corrected chi connectivity index (χ1v) is 11.9. The number of aromatic nitrogens is 2. The van der Waals surface area contributed by atoms with Gasteiger partial charge >= 0.3 is 0 Å². The maximum absolute atomic E-state index is 13.8. The van der Waals surface area contributed by atoms with Crippen LogP contribution < -0.4 is 10.6 Å². The zero-order valence-corrected chi connectivity index (χ0v) is 19.7. The molecule has 2 fully saturated rings. The molecule has 2 atom stereocenters. The van der Waals surface area contributed by atoms with Crippen molar-refractivity contribution >= 4 is 45.8 Å². The molecule has 2 aliphatic rings. The van der Waals surface area contributed by atoms with Crippen LogP contribution in [-0.2, 0) is 4.79 Å². The summed E-state index contributed by atoms with van der Waals surface area (Å²) < 4.78 is 0. The SMILES string of the molecule is N[C@@H]1CCN([C@H](C(=O)N2CCN(c3ncnc4ccccc34)CC2)c2ccc(Cl)c(Cl)c2)C1. The van der Waals surface area contributed by atoms with Crippen molar-refractivity contribution in [2.45, 2.75) is 18.5 Å². The molecule has 2 aliphatic heterocycles. The van der Waals surface area contributed by atoms with Gasteiger partial charge < -0.3 is 15.5 Å². The lowest BCUT2D eigenvalue weighted by Gasteiger charge is -2.39. The molecule has 0 unspecified atom stereocenters. The monoisotopic (exact) mass is 484 g/mol. The van der Waals surface area contributed by atoms with Gasteiger partial charge in [0.1, 0.15) is 18.2 Å². The second-order valence-electron chi connectivity index (χ2n) is 8.65. The highest BCUT2D eigenvalue weighted by molar-refractivity contribution is 6.42. The van der Waals surface area contributed by atoms with Gasteiger partial charge in [0.15, 0.2) is 0 Å². The maximum atomic E-state index is 13.8. The summed E-state index contributed by atoms with van der Waals surface area (Å²) in [5, 5.41) is 1.96. The van der Waals surface area contributed by atoms with Crippen LogP contribution in [0.2, 0.25) is 10.0 Å². The summed E-state index contributed by atoms with van der Waals surface area (Å²) in [4.78, 5) is 29.0. The summed E-state index contributed by atoms with van der Waals surface area (Å²) >= 11 is 12.4. The number of benzene rings is 2. The molecule has 0 saturated carbocycles. The summed E-state index contributed by atoms with van der Waals surface area (Å²) in [5.74, 6) is 0.994. The van der Waals surface area contributed by atoms with Crippen molar-refractivity contribution in [1.82, 2.24) is 19.8 Å². The molecule has 2 N–H and O–H groups in total. The molecule has 3 heterocycles. The highest BCUT2D eigenvalue weighted by atomic mass is 35.5. The molecule has 2 aromatic carbocycles. The predicted octanol–water partition coefficient (Wildman–Crippen LogP) is 3.36. The number of hydrogen-bond donors (Lipinski definition) is 1. The Bertz CT molecular complexity index is 1160. The van der Waals surface area contributed by atoms with Crippen LogP contribution >= 0.6 is 23.2 Å². The van der Waals surface area contributed by atoms with Crippen molar-refractivity contribution in [1.29, 1.82) is 0 Å².